The summed E-state index contributed by atoms with van der Waals surface area (Å²) < 4.78 is 5.69. The topological polar surface area (TPSA) is 145 Å². The van der Waals surface area contributed by atoms with Crippen LogP contribution < -0.4 is 0 Å². The number of carboxylic acid groups (broad SMARTS) is 3. The summed E-state index contributed by atoms with van der Waals surface area (Å²) in [5, 5.41) is 27.3. The van der Waals surface area contributed by atoms with Crippen molar-refractivity contribution < 1.29 is 38.9 Å². The minimum Gasteiger partial charge on any atom is -0.481 e. The van der Waals surface area contributed by atoms with Gasteiger partial charge in [-0.2, -0.15) is 0 Å². The maximum atomic E-state index is 12.7. The average molecular weight is 461 g/mol. The first-order valence-corrected chi connectivity index (χ1v) is 10.0. The molecule has 1 aromatic heterocycles. The number of thioether (sulfide) groups is 1. The second-order valence-corrected chi connectivity index (χ2v) is 8.10. The SMILES string of the molecule is O=C(O)CC[C@@H](C(=O)O)N1C(=O)/C(=C/c2ccc(-c3cccc(C(=O)O)c3)o2)SC1=S. The number of aliphatic carboxylic acids is 2. The highest BCUT2D eigenvalue weighted by Gasteiger charge is 2.40. The fourth-order valence-electron chi connectivity index (χ4n) is 2.89. The molecule has 1 aromatic carbocycles. The van der Waals surface area contributed by atoms with Crippen LogP contribution in [0.5, 0.6) is 0 Å². The van der Waals surface area contributed by atoms with Crippen molar-refractivity contribution in [2.24, 2.45) is 0 Å². The average Bonchev–Trinajstić information content (AvgIpc) is 3.28. The van der Waals surface area contributed by atoms with Gasteiger partial charge in [0.25, 0.3) is 5.91 Å². The van der Waals surface area contributed by atoms with Crippen LogP contribution in [0.1, 0.15) is 29.0 Å². The smallest absolute Gasteiger partial charge is 0.335 e. The number of carboxylic acids is 3. The van der Waals surface area contributed by atoms with Crippen LogP contribution in [0.2, 0.25) is 0 Å². The summed E-state index contributed by atoms with van der Waals surface area (Å²) in [6.45, 7) is 0. The molecule has 0 unspecified atom stereocenters. The molecule has 1 aliphatic heterocycles. The first kappa shape index (κ1) is 22.2. The number of thiocarbonyl (C=S) groups is 1. The summed E-state index contributed by atoms with van der Waals surface area (Å²) in [6.07, 6.45) is 0.694. The van der Waals surface area contributed by atoms with Crippen molar-refractivity contribution in [2.45, 2.75) is 18.9 Å². The molecule has 0 spiro atoms. The largest absolute Gasteiger partial charge is 0.481 e. The van der Waals surface area contributed by atoms with Gasteiger partial charge >= 0.3 is 17.9 Å². The van der Waals surface area contributed by atoms with Crippen molar-refractivity contribution in [3.63, 3.8) is 0 Å². The van der Waals surface area contributed by atoms with Gasteiger partial charge in [0.1, 0.15) is 21.9 Å². The number of aromatic carboxylic acids is 1. The third-order valence-corrected chi connectivity index (χ3v) is 5.68. The van der Waals surface area contributed by atoms with E-state index in [4.69, 9.17) is 26.8 Å². The third-order valence-electron chi connectivity index (χ3n) is 4.35. The molecule has 2 heterocycles. The van der Waals surface area contributed by atoms with Gasteiger partial charge in [0.2, 0.25) is 0 Å². The van der Waals surface area contributed by atoms with E-state index in [2.05, 4.69) is 0 Å². The van der Waals surface area contributed by atoms with Gasteiger partial charge in [-0.15, -0.1) is 0 Å². The fraction of sp³-hybridized carbons (Fsp3) is 0.150. The summed E-state index contributed by atoms with van der Waals surface area (Å²) in [7, 11) is 0. The van der Waals surface area contributed by atoms with E-state index < -0.39 is 36.3 Å². The number of carbonyl (C=O) groups excluding carboxylic acids is 1. The van der Waals surface area contributed by atoms with E-state index in [-0.39, 0.29) is 27.0 Å². The van der Waals surface area contributed by atoms with Crippen LogP contribution in [0.25, 0.3) is 17.4 Å². The van der Waals surface area contributed by atoms with Crippen LogP contribution in [0.15, 0.2) is 45.7 Å². The van der Waals surface area contributed by atoms with E-state index >= 15 is 0 Å². The van der Waals surface area contributed by atoms with Crippen LogP contribution in [0.4, 0.5) is 0 Å². The lowest BCUT2D eigenvalue weighted by Crippen LogP contribution is -2.44. The number of amides is 1. The molecule has 1 amide bonds. The van der Waals surface area contributed by atoms with E-state index in [0.717, 1.165) is 16.7 Å². The number of carbonyl (C=O) groups is 4. The monoisotopic (exact) mass is 461 g/mol. The van der Waals surface area contributed by atoms with Crippen LogP contribution >= 0.6 is 24.0 Å². The molecule has 2 aromatic rings. The summed E-state index contributed by atoms with van der Waals surface area (Å²) in [5.41, 5.74) is 0.629. The van der Waals surface area contributed by atoms with Gasteiger partial charge in [0.15, 0.2) is 0 Å². The number of rotatable bonds is 8. The van der Waals surface area contributed by atoms with Gasteiger partial charge in [-0.3, -0.25) is 14.5 Å². The zero-order chi connectivity index (χ0) is 22.7. The second-order valence-electron chi connectivity index (χ2n) is 6.43. The Bertz CT molecular complexity index is 1120. The molecule has 0 bridgehead atoms. The van der Waals surface area contributed by atoms with Gasteiger partial charge in [-0.25, -0.2) is 9.59 Å². The molecule has 9 nitrogen and oxygen atoms in total. The highest BCUT2D eigenvalue weighted by atomic mass is 32.2. The molecule has 1 aliphatic rings. The molecule has 31 heavy (non-hydrogen) atoms. The lowest BCUT2D eigenvalue weighted by molar-refractivity contribution is -0.146. The maximum absolute atomic E-state index is 12.7. The molecule has 1 atom stereocenters. The molecular formula is C20H15NO8S2. The van der Waals surface area contributed by atoms with Crippen LogP contribution in [0, 0.1) is 0 Å². The quantitative estimate of drug-likeness (QED) is 0.396. The van der Waals surface area contributed by atoms with Gasteiger partial charge in [-0.05, 0) is 30.7 Å². The predicted molar refractivity (Wildman–Crippen MR) is 114 cm³/mol. The zero-order valence-electron chi connectivity index (χ0n) is 15.7. The minimum absolute atomic E-state index is 0.00924. The van der Waals surface area contributed by atoms with Crippen LogP contribution in [0.3, 0.4) is 0 Å². The van der Waals surface area contributed by atoms with Crippen molar-refractivity contribution in [2.75, 3.05) is 0 Å². The predicted octanol–water partition coefficient (Wildman–Crippen LogP) is 3.16. The highest BCUT2D eigenvalue weighted by Crippen LogP contribution is 2.35. The fourth-order valence-corrected chi connectivity index (χ4v) is 4.23. The standard InChI is InChI=1S/C20H15NO8S2/c22-16(23)7-5-13(19(27)28)21-17(24)15(31-20(21)30)9-12-4-6-14(29-12)10-2-1-3-11(8-10)18(25)26/h1-4,6,8-9,13H,5,7H2,(H,22,23)(H,25,26)(H,27,28)/b15-9-/t13-/m0/s1. The molecule has 0 radical (unpaired) electrons. The van der Waals surface area contributed by atoms with Crippen molar-refractivity contribution in [1.82, 2.24) is 4.90 Å². The Hall–Kier alpha value is -3.44. The van der Waals surface area contributed by atoms with Crippen molar-refractivity contribution in [3.8, 4) is 11.3 Å². The molecule has 3 N–H and O–H groups in total. The molecular weight excluding hydrogens is 446 g/mol. The molecule has 3 rings (SSSR count). The lowest BCUT2D eigenvalue weighted by atomic mass is 10.1. The second kappa shape index (κ2) is 9.14. The normalized spacial score (nSPS) is 16.0. The van der Waals surface area contributed by atoms with Crippen molar-refractivity contribution in [1.29, 1.82) is 0 Å². The summed E-state index contributed by atoms with van der Waals surface area (Å²) in [6, 6.07) is 7.95. The Balaban J connectivity index is 1.83. The third kappa shape index (κ3) is 5.01. The Kier molecular flexibility index (Phi) is 6.56. The first-order chi connectivity index (χ1) is 14.7. The molecule has 160 valence electrons. The van der Waals surface area contributed by atoms with E-state index in [1.807, 2.05) is 0 Å². The van der Waals surface area contributed by atoms with Crippen molar-refractivity contribution >= 4 is 58.2 Å². The number of hydrogen-bond donors (Lipinski definition) is 3. The Morgan fingerprint density at radius 1 is 1.16 bits per heavy atom. The molecule has 0 aliphatic carbocycles. The van der Waals surface area contributed by atoms with Gasteiger partial charge < -0.3 is 19.7 Å². The van der Waals surface area contributed by atoms with E-state index in [1.165, 1.54) is 18.2 Å². The Morgan fingerprint density at radius 3 is 2.55 bits per heavy atom. The summed E-state index contributed by atoms with van der Waals surface area (Å²) in [4.78, 5) is 47.3. The van der Waals surface area contributed by atoms with E-state index in [1.54, 1.807) is 24.3 Å². The maximum Gasteiger partial charge on any atom is 0.335 e. The Morgan fingerprint density at radius 2 is 1.90 bits per heavy atom. The summed E-state index contributed by atoms with van der Waals surface area (Å²) >= 11 is 6.03. The van der Waals surface area contributed by atoms with Gasteiger partial charge in [0.05, 0.1) is 10.5 Å². The lowest BCUT2D eigenvalue weighted by Gasteiger charge is -2.22. The van der Waals surface area contributed by atoms with Crippen LogP contribution in [-0.4, -0.2) is 54.4 Å². The van der Waals surface area contributed by atoms with Gasteiger partial charge in [0, 0.05) is 18.1 Å². The molecule has 1 fully saturated rings. The number of benzene rings is 1. The Labute approximate surface area is 185 Å². The zero-order valence-corrected chi connectivity index (χ0v) is 17.3. The van der Waals surface area contributed by atoms with Gasteiger partial charge in [-0.1, -0.05) is 36.1 Å². The number of nitrogens with zero attached hydrogens (tertiary/aromatic N) is 1. The van der Waals surface area contributed by atoms with Crippen LogP contribution in [-0.2, 0) is 14.4 Å². The molecule has 1 saturated heterocycles. The molecule has 11 heteroatoms. The van der Waals surface area contributed by atoms with Crippen molar-refractivity contribution in [3.05, 3.63) is 52.6 Å². The highest BCUT2D eigenvalue weighted by molar-refractivity contribution is 8.26. The van der Waals surface area contributed by atoms with E-state index in [9.17, 15) is 24.3 Å². The number of hydrogen-bond acceptors (Lipinski definition) is 7. The summed E-state index contributed by atoms with van der Waals surface area (Å²) in [5.74, 6) is -3.59. The first-order valence-electron chi connectivity index (χ1n) is 8.82. The number of furan rings is 1. The minimum atomic E-state index is -1.39. The van der Waals surface area contributed by atoms with E-state index in [0.29, 0.717) is 11.3 Å². The molecule has 0 saturated carbocycles.